The van der Waals surface area contributed by atoms with Crippen molar-refractivity contribution in [3.63, 3.8) is 0 Å². The van der Waals surface area contributed by atoms with Gasteiger partial charge in [0.05, 0.1) is 19.3 Å². The molecule has 3 nitrogen and oxygen atoms in total. The highest BCUT2D eigenvalue weighted by molar-refractivity contribution is 5.35. The molecule has 0 bridgehead atoms. The summed E-state index contributed by atoms with van der Waals surface area (Å²) in [6.45, 7) is 7.75. The first-order chi connectivity index (χ1) is 8.99. The standard InChI is InChI=1S/C16H22N2O/c1-16(2,3)8-4-5-15(18-17)12-6-7-13-10-19-11-14(13)9-12/h6-7,9,15,18H,5,10-11,17H2,1-3H3. The number of hydrogen-bond acceptors (Lipinski definition) is 3. The van der Waals surface area contributed by atoms with E-state index in [0.29, 0.717) is 13.0 Å². The van der Waals surface area contributed by atoms with E-state index in [0.717, 1.165) is 6.61 Å². The van der Waals surface area contributed by atoms with Gasteiger partial charge in [0, 0.05) is 11.8 Å². The molecule has 0 saturated carbocycles. The Morgan fingerprint density at radius 3 is 2.74 bits per heavy atom. The van der Waals surface area contributed by atoms with Gasteiger partial charge in [-0.2, -0.15) is 0 Å². The minimum atomic E-state index is 0.0327. The maximum atomic E-state index is 5.65. The quantitative estimate of drug-likeness (QED) is 0.498. The van der Waals surface area contributed by atoms with Gasteiger partial charge in [-0.15, -0.1) is 5.92 Å². The molecule has 1 aromatic carbocycles. The van der Waals surface area contributed by atoms with Crippen molar-refractivity contribution in [2.45, 2.75) is 46.4 Å². The van der Waals surface area contributed by atoms with Crippen LogP contribution in [-0.2, 0) is 18.0 Å². The lowest BCUT2D eigenvalue weighted by Crippen LogP contribution is -2.27. The number of fused-ring (bicyclic) bond motifs is 1. The van der Waals surface area contributed by atoms with Crippen molar-refractivity contribution in [3.05, 3.63) is 34.9 Å². The van der Waals surface area contributed by atoms with E-state index in [1.165, 1.54) is 16.7 Å². The summed E-state index contributed by atoms with van der Waals surface area (Å²) in [6, 6.07) is 6.47. The van der Waals surface area contributed by atoms with Crippen LogP contribution in [0, 0.1) is 17.3 Å². The second-order valence-electron chi connectivity index (χ2n) is 6.00. The maximum absolute atomic E-state index is 5.65. The van der Waals surface area contributed by atoms with Crippen LogP contribution in [0.2, 0.25) is 0 Å². The smallest absolute Gasteiger partial charge is 0.0725 e. The number of nitrogens with two attached hydrogens (primary N) is 1. The highest BCUT2D eigenvalue weighted by Crippen LogP contribution is 2.25. The van der Waals surface area contributed by atoms with Crippen molar-refractivity contribution < 1.29 is 4.74 Å². The molecular weight excluding hydrogens is 236 g/mol. The van der Waals surface area contributed by atoms with E-state index in [-0.39, 0.29) is 11.5 Å². The summed E-state index contributed by atoms with van der Waals surface area (Å²) in [7, 11) is 0. The monoisotopic (exact) mass is 258 g/mol. The van der Waals surface area contributed by atoms with E-state index < -0.39 is 0 Å². The summed E-state index contributed by atoms with van der Waals surface area (Å²) >= 11 is 0. The van der Waals surface area contributed by atoms with Crippen LogP contribution in [0.3, 0.4) is 0 Å². The SMILES string of the molecule is CC(C)(C)C#CCC(NN)c1ccc2c(c1)COC2. The number of hydrogen-bond donors (Lipinski definition) is 2. The lowest BCUT2D eigenvalue weighted by molar-refractivity contribution is 0.134. The van der Waals surface area contributed by atoms with Crippen LogP contribution in [0.1, 0.15) is 49.9 Å². The van der Waals surface area contributed by atoms with Crippen LogP contribution < -0.4 is 11.3 Å². The van der Waals surface area contributed by atoms with Gasteiger partial charge < -0.3 is 4.74 Å². The van der Waals surface area contributed by atoms with Gasteiger partial charge >= 0.3 is 0 Å². The molecule has 2 rings (SSSR count). The zero-order chi connectivity index (χ0) is 13.9. The zero-order valence-corrected chi connectivity index (χ0v) is 11.9. The number of rotatable bonds is 3. The van der Waals surface area contributed by atoms with Crippen LogP contribution in [0.4, 0.5) is 0 Å². The Morgan fingerprint density at radius 1 is 1.32 bits per heavy atom. The van der Waals surface area contributed by atoms with Crippen molar-refractivity contribution in [2.24, 2.45) is 11.3 Å². The van der Waals surface area contributed by atoms with Gasteiger partial charge in [0.25, 0.3) is 0 Å². The molecule has 0 aromatic heterocycles. The number of nitrogens with one attached hydrogen (secondary N) is 1. The van der Waals surface area contributed by atoms with Crippen LogP contribution in [0.15, 0.2) is 18.2 Å². The average molecular weight is 258 g/mol. The number of ether oxygens (including phenoxy) is 1. The highest BCUT2D eigenvalue weighted by atomic mass is 16.5. The number of hydrazine groups is 1. The fourth-order valence-corrected chi connectivity index (χ4v) is 2.10. The third-order valence-electron chi connectivity index (χ3n) is 3.12. The summed E-state index contributed by atoms with van der Waals surface area (Å²) in [5, 5.41) is 0. The Kier molecular flexibility index (Phi) is 4.26. The summed E-state index contributed by atoms with van der Waals surface area (Å²) in [4.78, 5) is 0. The number of benzene rings is 1. The molecule has 0 amide bonds. The molecule has 0 fully saturated rings. The van der Waals surface area contributed by atoms with Gasteiger partial charge in [-0.1, -0.05) is 24.1 Å². The van der Waals surface area contributed by atoms with Crippen LogP contribution in [-0.4, -0.2) is 0 Å². The lowest BCUT2D eigenvalue weighted by atomic mass is 9.96. The van der Waals surface area contributed by atoms with Crippen molar-refractivity contribution >= 4 is 0 Å². The van der Waals surface area contributed by atoms with Crippen LogP contribution >= 0.6 is 0 Å². The third-order valence-corrected chi connectivity index (χ3v) is 3.12. The molecular formula is C16H22N2O. The van der Waals surface area contributed by atoms with E-state index in [2.05, 4.69) is 56.2 Å². The van der Waals surface area contributed by atoms with E-state index in [1.54, 1.807) is 0 Å². The second kappa shape index (κ2) is 5.75. The van der Waals surface area contributed by atoms with Gasteiger partial charge in [0.2, 0.25) is 0 Å². The molecule has 1 atom stereocenters. The van der Waals surface area contributed by atoms with E-state index in [9.17, 15) is 0 Å². The van der Waals surface area contributed by atoms with E-state index in [1.807, 2.05) is 0 Å². The Balaban J connectivity index is 2.11. The predicted octanol–water partition coefficient (Wildman–Crippen LogP) is 2.66. The molecule has 0 aliphatic carbocycles. The Morgan fingerprint density at radius 2 is 2.05 bits per heavy atom. The molecule has 1 aromatic rings. The van der Waals surface area contributed by atoms with E-state index in [4.69, 9.17) is 10.6 Å². The summed E-state index contributed by atoms with van der Waals surface area (Å²) in [5.74, 6) is 12.1. The van der Waals surface area contributed by atoms with Crippen molar-refractivity contribution in [1.29, 1.82) is 0 Å². The first-order valence-electron chi connectivity index (χ1n) is 6.65. The van der Waals surface area contributed by atoms with Gasteiger partial charge in [0.15, 0.2) is 0 Å². The molecule has 1 aliphatic rings. The third kappa shape index (κ3) is 3.81. The molecule has 1 aliphatic heterocycles. The predicted molar refractivity (Wildman–Crippen MR) is 76.8 cm³/mol. The minimum Gasteiger partial charge on any atom is -0.372 e. The summed E-state index contributed by atoms with van der Waals surface area (Å²) in [6.07, 6.45) is 0.716. The summed E-state index contributed by atoms with van der Waals surface area (Å²) in [5.41, 5.74) is 6.60. The average Bonchev–Trinajstić information content (AvgIpc) is 2.80. The van der Waals surface area contributed by atoms with Gasteiger partial charge in [0.1, 0.15) is 0 Å². The fourth-order valence-electron chi connectivity index (χ4n) is 2.10. The zero-order valence-electron chi connectivity index (χ0n) is 11.9. The normalized spacial score (nSPS) is 15.6. The minimum absolute atomic E-state index is 0.0327. The van der Waals surface area contributed by atoms with Crippen molar-refractivity contribution in [2.75, 3.05) is 0 Å². The van der Waals surface area contributed by atoms with Gasteiger partial charge in [-0.3, -0.25) is 11.3 Å². The fraction of sp³-hybridized carbons (Fsp3) is 0.500. The molecule has 19 heavy (non-hydrogen) atoms. The van der Waals surface area contributed by atoms with Crippen LogP contribution in [0.25, 0.3) is 0 Å². The highest BCUT2D eigenvalue weighted by Gasteiger charge is 2.15. The topological polar surface area (TPSA) is 47.3 Å². The second-order valence-corrected chi connectivity index (χ2v) is 6.00. The molecule has 3 heteroatoms. The van der Waals surface area contributed by atoms with Crippen LogP contribution in [0.5, 0.6) is 0 Å². The van der Waals surface area contributed by atoms with Gasteiger partial charge in [-0.25, -0.2) is 0 Å². The molecule has 0 radical (unpaired) electrons. The molecule has 0 saturated heterocycles. The summed E-state index contributed by atoms with van der Waals surface area (Å²) < 4.78 is 5.43. The first kappa shape index (κ1) is 14.1. The Hall–Kier alpha value is -1.34. The first-order valence-corrected chi connectivity index (χ1v) is 6.65. The molecule has 3 N–H and O–H groups in total. The molecule has 1 heterocycles. The molecule has 1 unspecified atom stereocenters. The molecule has 102 valence electrons. The lowest BCUT2D eigenvalue weighted by Gasteiger charge is -2.15. The molecule has 0 spiro atoms. The van der Waals surface area contributed by atoms with Crippen molar-refractivity contribution in [1.82, 2.24) is 5.43 Å². The largest absolute Gasteiger partial charge is 0.372 e. The Labute approximate surface area is 115 Å². The van der Waals surface area contributed by atoms with Crippen molar-refractivity contribution in [3.8, 4) is 11.8 Å². The van der Waals surface area contributed by atoms with E-state index >= 15 is 0 Å². The Bertz CT molecular complexity index is 506. The van der Waals surface area contributed by atoms with Gasteiger partial charge in [-0.05, 0) is 37.5 Å². The maximum Gasteiger partial charge on any atom is 0.0725 e.